The highest BCUT2D eigenvalue weighted by molar-refractivity contribution is 7.88. The summed E-state index contributed by atoms with van der Waals surface area (Å²) in [6.45, 7) is 0. The van der Waals surface area contributed by atoms with Crippen LogP contribution in [0.4, 0.5) is 13.2 Å². The van der Waals surface area contributed by atoms with E-state index in [1.807, 2.05) is 0 Å². The molecule has 1 aromatic rings. The minimum absolute atomic E-state index is 0.150. The molecule has 0 atom stereocenters. The van der Waals surface area contributed by atoms with Crippen molar-refractivity contribution in [3.05, 3.63) is 29.3 Å². The molecule has 1 aromatic carbocycles. The molecule has 1 aliphatic carbocycles. The van der Waals surface area contributed by atoms with Gasteiger partial charge in [-0.15, -0.1) is 0 Å². The molecular formula is C11H8F3NO4S. The number of rotatable bonds is 2. The summed E-state index contributed by atoms with van der Waals surface area (Å²) >= 11 is 0. The molecule has 0 aromatic heterocycles. The Balaban J connectivity index is 1.95. The summed E-state index contributed by atoms with van der Waals surface area (Å²) < 4.78 is 62.4. The predicted octanol–water partition coefficient (Wildman–Crippen LogP) is 1.65. The van der Waals surface area contributed by atoms with E-state index in [1.165, 1.54) is 6.07 Å². The van der Waals surface area contributed by atoms with Gasteiger partial charge in [0, 0.05) is 5.56 Å². The SMILES string of the molecule is O=C1NC2(CC2)c2ccc(OS(=O)(=O)C(F)(F)F)cc21. The number of alkyl halides is 3. The molecular weight excluding hydrogens is 299 g/mol. The molecule has 20 heavy (non-hydrogen) atoms. The number of fused-ring (bicyclic) bond motifs is 2. The number of carbonyl (C=O) groups is 1. The van der Waals surface area contributed by atoms with E-state index in [2.05, 4.69) is 9.50 Å². The zero-order chi connectivity index (χ0) is 14.8. The lowest BCUT2D eigenvalue weighted by Crippen LogP contribution is -2.28. The van der Waals surface area contributed by atoms with Crippen LogP contribution in [-0.2, 0) is 15.7 Å². The molecule has 0 saturated heterocycles. The van der Waals surface area contributed by atoms with Crippen LogP contribution in [0.5, 0.6) is 5.75 Å². The zero-order valence-electron chi connectivity index (χ0n) is 9.82. The van der Waals surface area contributed by atoms with E-state index in [0.717, 1.165) is 25.0 Å². The van der Waals surface area contributed by atoms with Gasteiger partial charge in [-0.1, -0.05) is 6.07 Å². The Hall–Kier alpha value is -1.77. The minimum Gasteiger partial charge on any atom is -0.376 e. The molecule has 1 saturated carbocycles. The molecule has 108 valence electrons. The van der Waals surface area contributed by atoms with Gasteiger partial charge in [-0.05, 0) is 30.5 Å². The summed E-state index contributed by atoms with van der Waals surface area (Å²) in [6.07, 6.45) is 1.51. The number of carbonyl (C=O) groups excluding carboxylic acids is 1. The number of hydrogen-bond acceptors (Lipinski definition) is 4. The monoisotopic (exact) mass is 307 g/mol. The lowest BCUT2D eigenvalue weighted by atomic mass is 10.0. The Morgan fingerprint density at radius 3 is 2.45 bits per heavy atom. The second-order valence-electron chi connectivity index (χ2n) is 4.73. The van der Waals surface area contributed by atoms with E-state index < -0.39 is 32.8 Å². The Bertz CT molecular complexity index is 707. The van der Waals surface area contributed by atoms with Crippen LogP contribution >= 0.6 is 0 Å². The van der Waals surface area contributed by atoms with Crippen LogP contribution in [0.15, 0.2) is 18.2 Å². The first-order chi connectivity index (χ1) is 9.15. The minimum atomic E-state index is -5.73. The summed E-state index contributed by atoms with van der Waals surface area (Å²) in [5, 5.41) is 2.72. The van der Waals surface area contributed by atoms with Gasteiger partial charge in [-0.25, -0.2) is 0 Å². The highest BCUT2D eigenvalue weighted by Gasteiger charge is 2.52. The van der Waals surface area contributed by atoms with Crippen LogP contribution in [0, 0.1) is 0 Å². The normalized spacial score (nSPS) is 19.6. The molecule has 9 heteroatoms. The predicted molar refractivity (Wildman–Crippen MR) is 60.4 cm³/mol. The molecule has 0 radical (unpaired) electrons. The highest BCUT2D eigenvalue weighted by atomic mass is 32.2. The van der Waals surface area contributed by atoms with E-state index in [1.54, 1.807) is 0 Å². The summed E-state index contributed by atoms with van der Waals surface area (Å²) in [6, 6.07) is 3.55. The van der Waals surface area contributed by atoms with Crippen molar-refractivity contribution >= 4 is 16.0 Å². The van der Waals surface area contributed by atoms with E-state index in [0.29, 0.717) is 5.56 Å². The first-order valence-corrected chi connectivity index (χ1v) is 7.03. The van der Waals surface area contributed by atoms with Gasteiger partial charge in [-0.2, -0.15) is 21.6 Å². The van der Waals surface area contributed by atoms with Crippen molar-refractivity contribution in [2.45, 2.75) is 23.9 Å². The molecule has 0 bridgehead atoms. The fourth-order valence-corrected chi connectivity index (χ4v) is 2.68. The number of halogens is 3. The molecule has 3 rings (SSSR count). The fraction of sp³-hybridized carbons (Fsp3) is 0.364. The van der Waals surface area contributed by atoms with E-state index in [9.17, 15) is 26.4 Å². The second kappa shape index (κ2) is 3.66. The molecule has 2 aliphatic rings. The van der Waals surface area contributed by atoms with Gasteiger partial charge in [0.05, 0.1) is 5.54 Å². The van der Waals surface area contributed by atoms with Crippen molar-refractivity contribution in [3.63, 3.8) is 0 Å². The van der Waals surface area contributed by atoms with Crippen molar-refractivity contribution in [2.24, 2.45) is 0 Å². The van der Waals surface area contributed by atoms with Crippen molar-refractivity contribution in [1.82, 2.24) is 5.32 Å². The van der Waals surface area contributed by atoms with Crippen LogP contribution in [0.3, 0.4) is 0 Å². The standard InChI is InChI=1S/C11H8F3NO4S/c12-11(13,14)20(17,18)19-6-1-2-8-7(5-6)9(16)15-10(8)3-4-10/h1-2,5H,3-4H2,(H,15,16). The van der Waals surface area contributed by atoms with Gasteiger partial charge in [0.2, 0.25) is 0 Å². The number of nitrogens with one attached hydrogen (secondary N) is 1. The summed E-state index contributed by atoms with van der Waals surface area (Å²) in [5.74, 6) is -0.971. The quantitative estimate of drug-likeness (QED) is 0.666. The average Bonchev–Trinajstić information content (AvgIpc) is 3.01. The molecule has 1 aliphatic heterocycles. The topological polar surface area (TPSA) is 72.5 Å². The second-order valence-corrected chi connectivity index (χ2v) is 6.26. The third kappa shape index (κ3) is 1.84. The number of benzene rings is 1. The van der Waals surface area contributed by atoms with E-state index in [-0.39, 0.29) is 5.56 Å². The molecule has 1 N–H and O–H groups in total. The van der Waals surface area contributed by atoms with Crippen molar-refractivity contribution in [3.8, 4) is 5.75 Å². The average molecular weight is 307 g/mol. The molecule has 0 unspecified atom stereocenters. The zero-order valence-corrected chi connectivity index (χ0v) is 10.6. The van der Waals surface area contributed by atoms with Crippen LogP contribution < -0.4 is 9.50 Å². The Labute approximate surface area is 111 Å². The van der Waals surface area contributed by atoms with Gasteiger partial charge >= 0.3 is 15.6 Å². The maximum Gasteiger partial charge on any atom is 0.534 e. The van der Waals surface area contributed by atoms with Gasteiger partial charge in [-0.3, -0.25) is 4.79 Å². The van der Waals surface area contributed by atoms with Crippen LogP contribution in [0.25, 0.3) is 0 Å². The summed E-state index contributed by atoms with van der Waals surface area (Å²) in [5.41, 5.74) is -5.11. The van der Waals surface area contributed by atoms with E-state index in [4.69, 9.17) is 0 Å². The fourth-order valence-electron chi connectivity index (χ4n) is 2.23. The van der Waals surface area contributed by atoms with Crippen molar-refractivity contribution in [2.75, 3.05) is 0 Å². The highest BCUT2D eigenvalue weighted by Crippen LogP contribution is 2.50. The smallest absolute Gasteiger partial charge is 0.376 e. The van der Waals surface area contributed by atoms with E-state index >= 15 is 0 Å². The lowest BCUT2D eigenvalue weighted by molar-refractivity contribution is -0.0500. The Morgan fingerprint density at radius 1 is 1.25 bits per heavy atom. The summed E-state index contributed by atoms with van der Waals surface area (Å²) in [7, 11) is -5.73. The molecule has 1 spiro atoms. The molecule has 1 amide bonds. The van der Waals surface area contributed by atoms with Crippen LogP contribution in [-0.4, -0.2) is 19.8 Å². The maximum absolute atomic E-state index is 12.2. The Morgan fingerprint density at radius 2 is 1.90 bits per heavy atom. The molecule has 1 fully saturated rings. The maximum atomic E-state index is 12.2. The number of amides is 1. The molecule has 5 nitrogen and oxygen atoms in total. The van der Waals surface area contributed by atoms with Crippen LogP contribution in [0.2, 0.25) is 0 Å². The van der Waals surface area contributed by atoms with Crippen molar-refractivity contribution in [1.29, 1.82) is 0 Å². The third-order valence-electron chi connectivity index (χ3n) is 3.34. The van der Waals surface area contributed by atoms with Crippen LogP contribution in [0.1, 0.15) is 28.8 Å². The largest absolute Gasteiger partial charge is 0.534 e. The Kier molecular flexibility index (Phi) is 2.42. The van der Waals surface area contributed by atoms with Gasteiger partial charge in [0.1, 0.15) is 5.75 Å². The van der Waals surface area contributed by atoms with Crippen molar-refractivity contribution < 1.29 is 30.6 Å². The first kappa shape index (κ1) is 13.2. The summed E-state index contributed by atoms with van der Waals surface area (Å²) in [4.78, 5) is 11.7. The van der Waals surface area contributed by atoms with Gasteiger partial charge < -0.3 is 9.50 Å². The first-order valence-electron chi connectivity index (χ1n) is 5.62. The number of hydrogen-bond donors (Lipinski definition) is 1. The van der Waals surface area contributed by atoms with Gasteiger partial charge in [0.15, 0.2) is 0 Å². The molecule has 1 heterocycles. The van der Waals surface area contributed by atoms with Gasteiger partial charge in [0.25, 0.3) is 5.91 Å². The third-order valence-corrected chi connectivity index (χ3v) is 4.32. The lowest BCUT2D eigenvalue weighted by Gasteiger charge is -2.11.